The van der Waals surface area contributed by atoms with E-state index in [0.717, 1.165) is 0 Å². The van der Waals surface area contributed by atoms with E-state index in [0.29, 0.717) is 22.6 Å². The van der Waals surface area contributed by atoms with Gasteiger partial charge in [-0.15, -0.1) is 0 Å². The van der Waals surface area contributed by atoms with Crippen LogP contribution in [0.2, 0.25) is 10.0 Å². The van der Waals surface area contributed by atoms with Crippen molar-refractivity contribution in [3.8, 4) is 11.5 Å². The molecule has 0 heterocycles. The highest BCUT2D eigenvalue weighted by atomic mass is 35.5. The van der Waals surface area contributed by atoms with Crippen LogP contribution < -0.4 is 14.8 Å². The third-order valence-electron chi connectivity index (χ3n) is 2.86. The van der Waals surface area contributed by atoms with E-state index in [2.05, 4.69) is 5.32 Å². The first kappa shape index (κ1) is 17.1. The van der Waals surface area contributed by atoms with Gasteiger partial charge in [-0.2, -0.15) is 0 Å². The van der Waals surface area contributed by atoms with E-state index in [1.807, 2.05) is 0 Å². The number of anilines is 1. The molecule has 1 N–H and O–H groups in total. The second-order valence-corrected chi connectivity index (χ2v) is 5.34. The molecular formula is C16H13Cl2NO4. The molecule has 2 aromatic rings. The van der Waals surface area contributed by atoms with Gasteiger partial charge in [0.2, 0.25) is 0 Å². The normalized spacial score (nSPS) is 10.0. The molecule has 0 radical (unpaired) electrons. The van der Waals surface area contributed by atoms with Crippen molar-refractivity contribution in [2.75, 3.05) is 19.0 Å². The van der Waals surface area contributed by atoms with Crippen molar-refractivity contribution in [2.24, 2.45) is 0 Å². The van der Waals surface area contributed by atoms with Gasteiger partial charge < -0.3 is 14.8 Å². The molecule has 23 heavy (non-hydrogen) atoms. The highest BCUT2D eigenvalue weighted by Gasteiger charge is 2.14. The number of methoxy groups -OCH3 is 1. The van der Waals surface area contributed by atoms with Crippen LogP contribution in [0.5, 0.6) is 11.5 Å². The Kier molecular flexibility index (Phi) is 5.84. The predicted octanol–water partition coefficient (Wildman–Crippen LogP) is 3.83. The lowest BCUT2D eigenvalue weighted by Crippen LogP contribution is -2.20. The van der Waals surface area contributed by atoms with Crippen molar-refractivity contribution >= 4 is 41.1 Å². The number of benzene rings is 2. The molecule has 1 amide bonds. The molecule has 0 fully saturated rings. The number of hydrogen-bond acceptors (Lipinski definition) is 4. The maximum Gasteiger partial charge on any atom is 0.262 e. The Balaban J connectivity index is 2.04. The van der Waals surface area contributed by atoms with Gasteiger partial charge >= 0.3 is 0 Å². The monoisotopic (exact) mass is 353 g/mol. The van der Waals surface area contributed by atoms with Crippen molar-refractivity contribution in [2.45, 2.75) is 0 Å². The molecule has 0 aliphatic carbocycles. The van der Waals surface area contributed by atoms with E-state index >= 15 is 0 Å². The van der Waals surface area contributed by atoms with Gasteiger partial charge in [0.15, 0.2) is 18.1 Å². The number of carbonyl (C=O) groups is 2. The number of carbonyl (C=O) groups excluding carboxylic acids is 2. The van der Waals surface area contributed by atoms with Crippen LogP contribution in [-0.4, -0.2) is 25.9 Å². The maximum absolute atomic E-state index is 11.9. The number of halogens is 2. The largest absolute Gasteiger partial charge is 0.493 e. The third kappa shape index (κ3) is 4.61. The number of amides is 1. The van der Waals surface area contributed by atoms with E-state index < -0.39 is 0 Å². The lowest BCUT2D eigenvalue weighted by Gasteiger charge is -2.13. The summed E-state index contributed by atoms with van der Waals surface area (Å²) >= 11 is 11.8. The van der Waals surface area contributed by atoms with Gasteiger partial charge in [0.25, 0.3) is 5.91 Å². The summed E-state index contributed by atoms with van der Waals surface area (Å²) in [6.07, 6.45) is 0.644. The fraction of sp³-hybridized carbons (Fsp3) is 0.125. The first-order valence-corrected chi connectivity index (χ1v) is 7.30. The zero-order valence-electron chi connectivity index (χ0n) is 12.1. The third-order valence-corrected chi connectivity index (χ3v) is 3.40. The van der Waals surface area contributed by atoms with Crippen LogP contribution in [-0.2, 0) is 4.79 Å². The lowest BCUT2D eigenvalue weighted by atomic mass is 10.2. The van der Waals surface area contributed by atoms with Gasteiger partial charge in [-0.1, -0.05) is 23.2 Å². The average Bonchev–Trinajstić information content (AvgIpc) is 2.55. The van der Waals surface area contributed by atoms with Crippen molar-refractivity contribution in [3.63, 3.8) is 0 Å². The Morgan fingerprint density at radius 3 is 2.52 bits per heavy atom. The summed E-state index contributed by atoms with van der Waals surface area (Å²) in [7, 11) is 1.42. The minimum atomic E-state index is -0.370. The minimum absolute atomic E-state index is 0.186. The second-order valence-electron chi connectivity index (χ2n) is 4.50. The van der Waals surface area contributed by atoms with Gasteiger partial charge in [0, 0.05) is 16.3 Å². The molecular weight excluding hydrogens is 341 g/mol. The quantitative estimate of drug-likeness (QED) is 0.801. The summed E-state index contributed by atoms with van der Waals surface area (Å²) in [4.78, 5) is 22.7. The van der Waals surface area contributed by atoms with Crippen LogP contribution in [0, 0.1) is 0 Å². The summed E-state index contributed by atoms with van der Waals surface area (Å²) in [5.41, 5.74) is 0.946. The highest BCUT2D eigenvalue weighted by molar-refractivity contribution is 6.32. The molecule has 0 atom stereocenters. The topological polar surface area (TPSA) is 64.6 Å². The first-order valence-electron chi connectivity index (χ1n) is 6.54. The van der Waals surface area contributed by atoms with Crippen LogP contribution in [0.1, 0.15) is 10.4 Å². The van der Waals surface area contributed by atoms with Crippen molar-refractivity contribution in [1.29, 1.82) is 0 Å². The van der Waals surface area contributed by atoms with Crippen LogP contribution in [0.25, 0.3) is 0 Å². The van der Waals surface area contributed by atoms with Crippen LogP contribution in [0.15, 0.2) is 36.4 Å². The molecule has 0 aliphatic rings. The lowest BCUT2D eigenvalue weighted by molar-refractivity contribution is -0.118. The van der Waals surface area contributed by atoms with Gasteiger partial charge in [0.05, 0.1) is 12.1 Å². The number of rotatable bonds is 6. The van der Waals surface area contributed by atoms with Gasteiger partial charge in [-0.05, 0) is 36.4 Å². The van der Waals surface area contributed by atoms with Crippen molar-refractivity contribution in [3.05, 3.63) is 52.0 Å². The molecule has 0 saturated carbocycles. The summed E-state index contributed by atoms with van der Waals surface area (Å²) in [5.74, 6) is 0.106. The Bertz CT molecular complexity index is 717. The smallest absolute Gasteiger partial charge is 0.262 e. The zero-order valence-corrected chi connectivity index (χ0v) is 13.6. The number of hydrogen-bond donors (Lipinski definition) is 1. The molecule has 2 rings (SSSR count). The van der Waals surface area contributed by atoms with Crippen molar-refractivity contribution in [1.82, 2.24) is 0 Å². The number of aldehydes is 1. The molecule has 7 heteroatoms. The predicted molar refractivity (Wildman–Crippen MR) is 89.0 cm³/mol. The van der Waals surface area contributed by atoms with E-state index in [1.54, 1.807) is 24.3 Å². The second kappa shape index (κ2) is 7.85. The molecule has 120 valence electrons. The Hall–Kier alpha value is -2.24. The fourth-order valence-electron chi connectivity index (χ4n) is 1.82. The summed E-state index contributed by atoms with van der Waals surface area (Å²) in [6.45, 7) is -0.265. The van der Waals surface area contributed by atoms with E-state index in [4.69, 9.17) is 32.7 Å². The molecule has 0 saturated heterocycles. The van der Waals surface area contributed by atoms with Gasteiger partial charge in [-0.3, -0.25) is 9.59 Å². The standard InChI is InChI=1S/C16H13Cl2NO4/c1-22-14-7-10(8-20)6-13(18)16(14)23-9-15(21)19-12-4-2-11(17)3-5-12/h2-8H,9H2,1H3,(H,19,21). The van der Waals surface area contributed by atoms with E-state index in [1.165, 1.54) is 19.2 Å². The van der Waals surface area contributed by atoms with Gasteiger partial charge in [-0.25, -0.2) is 0 Å². The van der Waals surface area contributed by atoms with Crippen molar-refractivity contribution < 1.29 is 19.1 Å². The molecule has 5 nitrogen and oxygen atoms in total. The Morgan fingerprint density at radius 1 is 1.22 bits per heavy atom. The van der Waals surface area contributed by atoms with E-state index in [9.17, 15) is 9.59 Å². The minimum Gasteiger partial charge on any atom is -0.493 e. The number of nitrogens with one attached hydrogen (secondary N) is 1. The average molecular weight is 354 g/mol. The SMILES string of the molecule is COc1cc(C=O)cc(Cl)c1OCC(=O)Nc1ccc(Cl)cc1. The maximum atomic E-state index is 11.9. The molecule has 0 aromatic heterocycles. The molecule has 0 bridgehead atoms. The number of ether oxygens (including phenoxy) is 2. The van der Waals surface area contributed by atoms with Crippen LogP contribution in [0.3, 0.4) is 0 Å². The molecule has 0 spiro atoms. The van der Waals surface area contributed by atoms with E-state index in [-0.39, 0.29) is 29.0 Å². The Labute approximate surface area is 143 Å². The summed E-state index contributed by atoms with van der Waals surface area (Å²) < 4.78 is 10.5. The summed E-state index contributed by atoms with van der Waals surface area (Å²) in [6, 6.07) is 9.58. The molecule has 0 unspecified atom stereocenters. The van der Waals surface area contributed by atoms with Gasteiger partial charge in [0.1, 0.15) is 6.29 Å². The molecule has 0 aliphatic heterocycles. The fourth-order valence-corrected chi connectivity index (χ4v) is 2.22. The Morgan fingerprint density at radius 2 is 1.91 bits per heavy atom. The van der Waals surface area contributed by atoms with Crippen LogP contribution >= 0.6 is 23.2 Å². The zero-order chi connectivity index (χ0) is 16.8. The summed E-state index contributed by atoms with van der Waals surface area (Å²) in [5, 5.41) is 3.42. The van der Waals surface area contributed by atoms with Crippen LogP contribution in [0.4, 0.5) is 5.69 Å². The molecule has 2 aromatic carbocycles. The highest BCUT2D eigenvalue weighted by Crippen LogP contribution is 2.36. The first-order chi connectivity index (χ1) is 11.0.